The minimum Gasteiger partial charge on any atom is -0.337 e. The smallest absolute Gasteiger partial charge is 0.337 e. The maximum absolute atomic E-state index is 10.9. The van der Waals surface area contributed by atoms with E-state index in [9.17, 15) is 9.59 Å². The maximum atomic E-state index is 10.9. The number of fused-ring (bicyclic) bond motifs is 1. The van der Waals surface area contributed by atoms with E-state index in [1.54, 1.807) is 18.2 Å². The van der Waals surface area contributed by atoms with E-state index in [1.165, 1.54) is 0 Å². The largest absolute Gasteiger partial charge is 1.00 e. The topological polar surface area (TPSA) is 46.2 Å². The van der Waals surface area contributed by atoms with Crippen LogP contribution in [0.1, 0.15) is 20.7 Å². The SMILES string of the molecule is O=C1NC(=O)c2ccc[c-]c21.[K+]. The molecule has 54 valence electrons. The summed E-state index contributed by atoms with van der Waals surface area (Å²) in [4.78, 5) is 21.8. The van der Waals surface area contributed by atoms with E-state index in [-0.39, 0.29) is 63.2 Å². The van der Waals surface area contributed by atoms with E-state index in [0.717, 1.165) is 0 Å². The van der Waals surface area contributed by atoms with E-state index < -0.39 is 0 Å². The second kappa shape index (κ2) is 3.80. The molecular weight excluding hydrogens is 181 g/mol. The number of rotatable bonds is 0. The number of nitrogens with one attached hydrogen (secondary N) is 1. The van der Waals surface area contributed by atoms with Gasteiger partial charge in [-0.3, -0.25) is 4.79 Å². The van der Waals surface area contributed by atoms with Gasteiger partial charge in [-0.15, -0.1) is 24.3 Å². The van der Waals surface area contributed by atoms with E-state index in [2.05, 4.69) is 11.4 Å². The molecule has 0 radical (unpaired) electrons. The van der Waals surface area contributed by atoms with Crippen LogP contribution in [0.3, 0.4) is 0 Å². The van der Waals surface area contributed by atoms with Gasteiger partial charge in [0.05, 0.1) is 0 Å². The number of hydrogen-bond acceptors (Lipinski definition) is 2. The maximum Gasteiger partial charge on any atom is 1.00 e. The van der Waals surface area contributed by atoms with Crippen molar-refractivity contribution in [2.45, 2.75) is 0 Å². The van der Waals surface area contributed by atoms with Crippen LogP contribution in [-0.2, 0) is 0 Å². The Morgan fingerprint density at radius 2 is 2.00 bits per heavy atom. The molecule has 0 atom stereocenters. The second-order valence-corrected chi connectivity index (χ2v) is 2.24. The minimum atomic E-state index is -0.356. The average Bonchev–Trinajstić information content (AvgIpc) is 2.30. The van der Waals surface area contributed by atoms with Crippen LogP contribution in [0.15, 0.2) is 18.2 Å². The molecule has 1 aliphatic rings. The fraction of sp³-hybridized carbons (Fsp3) is 0. The van der Waals surface area contributed by atoms with E-state index in [1.807, 2.05) is 0 Å². The third-order valence-electron chi connectivity index (χ3n) is 1.55. The number of benzene rings is 1. The molecule has 1 aromatic carbocycles. The van der Waals surface area contributed by atoms with Gasteiger partial charge in [0.15, 0.2) is 5.91 Å². The normalized spacial score (nSPS) is 13.3. The number of carbonyl (C=O) groups excluding carboxylic acids is 2. The van der Waals surface area contributed by atoms with Crippen LogP contribution < -0.4 is 56.7 Å². The molecule has 12 heavy (non-hydrogen) atoms. The van der Waals surface area contributed by atoms with Crippen LogP contribution in [0.25, 0.3) is 0 Å². The van der Waals surface area contributed by atoms with Crippen molar-refractivity contribution in [3.05, 3.63) is 35.4 Å². The van der Waals surface area contributed by atoms with Crippen molar-refractivity contribution in [1.29, 1.82) is 0 Å². The molecule has 0 saturated carbocycles. The summed E-state index contributed by atoms with van der Waals surface area (Å²) in [6.45, 7) is 0. The summed E-state index contributed by atoms with van der Waals surface area (Å²) >= 11 is 0. The van der Waals surface area contributed by atoms with E-state index in [4.69, 9.17) is 0 Å². The van der Waals surface area contributed by atoms with Gasteiger partial charge in [0, 0.05) is 0 Å². The van der Waals surface area contributed by atoms with E-state index >= 15 is 0 Å². The van der Waals surface area contributed by atoms with Crippen molar-refractivity contribution in [2.75, 3.05) is 0 Å². The van der Waals surface area contributed by atoms with Crippen molar-refractivity contribution in [3.63, 3.8) is 0 Å². The summed E-state index contributed by atoms with van der Waals surface area (Å²) in [6, 6.07) is 7.59. The summed E-state index contributed by atoms with van der Waals surface area (Å²) in [5.41, 5.74) is 0.759. The zero-order chi connectivity index (χ0) is 7.84. The Kier molecular flexibility index (Phi) is 3.20. The fourth-order valence-electron chi connectivity index (χ4n) is 1.05. The van der Waals surface area contributed by atoms with Crippen LogP contribution in [0.4, 0.5) is 0 Å². The summed E-state index contributed by atoms with van der Waals surface area (Å²) in [7, 11) is 0. The van der Waals surface area contributed by atoms with Crippen LogP contribution >= 0.6 is 0 Å². The molecule has 0 spiro atoms. The van der Waals surface area contributed by atoms with Crippen LogP contribution in [-0.4, -0.2) is 11.8 Å². The van der Waals surface area contributed by atoms with Crippen molar-refractivity contribution in [3.8, 4) is 0 Å². The van der Waals surface area contributed by atoms with Gasteiger partial charge in [-0.25, -0.2) is 0 Å². The Morgan fingerprint density at radius 1 is 1.25 bits per heavy atom. The summed E-state index contributed by atoms with van der Waals surface area (Å²) < 4.78 is 0. The Morgan fingerprint density at radius 3 is 2.67 bits per heavy atom. The van der Waals surface area contributed by atoms with Gasteiger partial charge in [-0.2, -0.15) is 0 Å². The molecule has 3 nitrogen and oxygen atoms in total. The number of hydrogen-bond donors (Lipinski definition) is 1. The molecule has 4 heteroatoms. The molecule has 1 heterocycles. The molecule has 2 rings (SSSR count). The van der Waals surface area contributed by atoms with E-state index in [0.29, 0.717) is 11.1 Å². The zero-order valence-electron chi connectivity index (χ0n) is 6.55. The van der Waals surface area contributed by atoms with Crippen molar-refractivity contribution < 1.29 is 61.0 Å². The first-order valence-electron chi connectivity index (χ1n) is 3.15. The molecular formula is C8H4KNO2. The average molecular weight is 185 g/mol. The fourth-order valence-corrected chi connectivity index (χ4v) is 1.05. The molecule has 2 amide bonds. The predicted octanol–water partition coefficient (Wildman–Crippen LogP) is -2.63. The van der Waals surface area contributed by atoms with Gasteiger partial charge < -0.3 is 10.1 Å². The van der Waals surface area contributed by atoms with Gasteiger partial charge in [-0.1, -0.05) is 5.56 Å². The number of imide groups is 1. The predicted molar refractivity (Wildman–Crippen MR) is 37.1 cm³/mol. The molecule has 0 aromatic heterocycles. The Balaban J connectivity index is 0.000000720. The molecule has 1 aromatic rings. The molecule has 0 saturated heterocycles. The Hall–Kier alpha value is -0.00364. The molecule has 0 unspecified atom stereocenters. The van der Waals surface area contributed by atoms with Gasteiger partial charge >= 0.3 is 51.4 Å². The van der Waals surface area contributed by atoms with Crippen molar-refractivity contribution >= 4 is 11.8 Å². The first kappa shape index (κ1) is 10.1. The van der Waals surface area contributed by atoms with Crippen LogP contribution in [0, 0.1) is 6.07 Å². The first-order valence-corrected chi connectivity index (χ1v) is 3.15. The molecule has 1 N–H and O–H groups in total. The zero-order valence-corrected chi connectivity index (χ0v) is 9.67. The van der Waals surface area contributed by atoms with Crippen LogP contribution in [0.2, 0.25) is 0 Å². The Labute approximate surface area is 112 Å². The van der Waals surface area contributed by atoms with Crippen LogP contribution in [0.5, 0.6) is 0 Å². The summed E-state index contributed by atoms with van der Waals surface area (Å²) in [6.07, 6.45) is 0. The van der Waals surface area contributed by atoms with Gasteiger partial charge in [-0.05, 0) is 5.56 Å². The summed E-state index contributed by atoms with van der Waals surface area (Å²) in [5.74, 6) is -0.688. The molecule has 1 aliphatic heterocycles. The van der Waals surface area contributed by atoms with Crippen molar-refractivity contribution in [2.24, 2.45) is 0 Å². The minimum absolute atomic E-state index is 0. The van der Waals surface area contributed by atoms with Gasteiger partial charge in [0.2, 0.25) is 5.91 Å². The third-order valence-corrected chi connectivity index (χ3v) is 1.55. The van der Waals surface area contributed by atoms with Gasteiger partial charge in [0.25, 0.3) is 0 Å². The Bertz CT molecular complexity index is 316. The number of carbonyl (C=O) groups is 2. The monoisotopic (exact) mass is 185 g/mol. The molecule has 0 fully saturated rings. The molecule has 0 aliphatic carbocycles. The van der Waals surface area contributed by atoms with Crippen molar-refractivity contribution in [1.82, 2.24) is 5.32 Å². The standard InChI is InChI=1S/C8H4NO2.K/c10-7-5-3-1-2-4-6(5)8(11)9-7;/h1-3H,(H,9,10,11);/q-1;+1. The van der Waals surface area contributed by atoms with Gasteiger partial charge in [0.1, 0.15) is 0 Å². The summed E-state index contributed by atoms with van der Waals surface area (Å²) in [5, 5.41) is 2.17. The third kappa shape index (κ3) is 1.53. The molecule has 0 bridgehead atoms. The second-order valence-electron chi connectivity index (χ2n) is 2.24. The first-order chi connectivity index (χ1) is 5.29. The number of amides is 2. The quantitative estimate of drug-likeness (QED) is 0.273.